The first-order chi connectivity index (χ1) is 29.7. The molecule has 0 fully saturated rings. The number of unbranched alkanes of at least 4 members (excludes halogenated alkanes) is 12. The SMILES string of the molecule is CC/C=C\C/C=C\C/C=C\C/C=C\C/C=C\C/C=C\C/C=C\C/C=C\C/C=C\C/C=C\CCCCCCCCCCC(=O)NC(CO)C(O)/C=C/CC/C=C/CCCCC. The van der Waals surface area contributed by atoms with Gasteiger partial charge in [0.25, 0.3) is 0 Å². The zero-order chi connectivity index (χ0) is 43.5. The molecule has 0 aromatic heterocycles. The van der Waals surface area contributed by atoms with E-state index in [1.807, 2.05) is 6.08 Å². The van der Waals surface area contributed by atoms with Gasteiger partial charge in [0.1, 0.15) is 0 Å². The summed E-state index contributed by atoms with van der Waals surface area (Å²) in [5, 5.41) is 22.8. The highest BCUT2D eigenvalue weighted by molar-refractivity contribution is 5.76. The van der Waals surface area contributed by atoms with Crippen LogP contribution in [-0.2, 0) is 4.79 Å². The first-order valence-corrected chi connectivity index (χ1v) is 24.0. The summed E-state index contributed by atoms with van der Waals surface area (Å²) >= 11 is 0. The monoisotopic (exact) mass is 824 g/mol. The third kappa shape index (κ3) is 45.4. The van der Waals surface area contributed by atoms with Gasteiger partial charge in [-0.25, -0.2) is 0 Å². The van der Waals surface area contributed by atoms with E-state index in [9.17, 15) is 15.0 Å². The predicted octanol–water partition coefficient (Wildman–Crippen LogP) is 15.7. The van der Waals surface area contributed by atoms with E-state index in [1.54, 1.807) is 6.08 Å². The van der Waals surface area contributed by atoms with Gasteiger partial charge in [0.2, 0.25) is 5.91 Å². The Hall–Kier alpha value is -3.73. The second-order valence-corrected chi connectivity index (χ2v) is 15.4. The maximum Gasteiger partial charge on any atom is 0.220 e. The highest BCUT2D eigenvalue weighted by Gasteiger charge is 2.17. The summed E-state index contributed by atoms with van der Waals surface area (Å²) < 4.78 is 0. The van der Waals surface area contributed by atoms with E-state index in [-0.39, 0.29) is 12.5 Å². The molecule has 0 spiro atoms. The van der Waals surface area contributed by atoms with Crippen LogP contribution in [0, 0.1) is 0 Å². The van der Waals surface area contributed by atoms with Crippen molar-refractivity contribution in [1.82, 2.24) is 5.32 Å². The molecule has 4 heteroatoms. The number of nitrogens with one attached hydrogen (secondary N) is 1. The summed E-state index contributed by atoms with van der Waals surface area (Å²) in [6.07, 6.45) is 79.8. The van der Waals surface area contributed by atoms with Crippen molar-refractivity contribution in [3.05, 3.63) is 146 Å². The van der Waals surface area contributed by atoms with Crippen molar-refractivity contribution in [2.75, 3.05) is 6.61 Å². The summed E-state index contributed by atoms with van der Waals surface area (Å²) in [6, 6.07) is -0.651. The van der Waals surface area contributed by atoms with E-state index in [0.717, 1.165) is 109 Å². The van der Waals surface area contributed by atoms with Crippen molar-refractivity contribution in [3.8, 4) is 0 Å². The Balaban J connectivity index is 3.66. The standard InChI is InChI=1S/C56H89NO3/c1-3-5-7-9-11-13-14-15-16-17-18-19-20-21-22-23-24-25-26-27-28-29-30-31-32-33-34-35-36-37-38-39-40-41-42-44-46-48-50-52-56(60)57-54(53-58)55(59)51-49-47-45-43-12-10-8-6-4-2/h5,7,11-13,15-16,18-19,21-22,24-25,27-28,30-31,33-34,36-37,43,49,51,54-55,58-59H,3-4,6,8-10,14,17,20,23,26,29,32,35,38-42,44-48,50,52-53H2,1-2H3,(H,57,60)/b7-5-,13-11-,16-15-,19-18-,22-21-,25-24-,28-27-,31-30-,34-33-,37-36-,43-12+,51-49+. The molecule has 0 rings (SSSR count). The van der Waals surface area contributed by atoms with Crippen LogP contribution >= 0.6 is 0 Å². The number of hydrogen-bond acceptors (Lipinski definition) is 3. The number of amides is 1. The molecule has 0 aliphatic carbocycles. The maximum absolute atomic E-state index is 12.3. The molecule has 1 amide bonds. The molecule has 2 atom stereocenters. The van der Waals surface area contributed by atoms with Gasteiger partial charge >= 0.3 is 0 Å². The van der Waals surface area contributed by atoms with E-state index in [0.29, 0.717) is 6.42 Å². The fourth-order valence-corrected chi connectivity index (χ4v) is 6.16. The van der Waals surface area contributed by atoms with Crippen LogP contribution in [0.5, 0.6) is 0 Å². The second-order valence-electron chi connectivity index (χ2n) is 15.4. The smallest absolute Gasteiger partial charge is 0.220 e. The molecule has 336 valence electrons. The maximum atomic E-state index is 12.3. The average Bonchev–Trinajstić information content (AvgIpc) is 3.25. The predicted molar refractivity (Wildman–Crippen MR) is 266 cm³/mol. The van der Waals surface area contributed by atoms with Crippen molar-refractivity contribution in [3.63, 3.8) is 0 Å². The van der Waals surface area contributed by atoms with E-state index in [2.05, 4.69) is 153 Å². The van der Waals surface area contributed by atoms with Crippen LogP contribution in [0.1, 0.15) is 181 Å². The number of carbonyl (C=O) groups is 1. The lowest BCUT2D eigenvalue weighted by Crippen LogP contribution is -2.45. The lowest BCUT2D eigenvalue weighted by molar-refractivity contribution is -0.123. The van der Waals surface area contributed by atoms with Crippen molar-refractivity contribution >= 4 is 5.91 Å². The minimum absolute atomic E-state index is 0.0933. The zero-order valence-electron chi connectivity index (χ0n) is 38.4. The first-order valence-electron chi connectivity index (χ1n) is 24.0. The number of aliphatic hydroxyl groups excluding tert-OH is 2. The third-order valence-corrected chi connectivity index (χ3v) is 9.81. The fourth-order valence-electron chi connectivity index (χ4n) is 6.16. The highest BCUT2D eigenvalue weighted by atomic mass is 16.3. The van der Waals surface area contributed by atoms with Crippen LogP contribution in [0.2, 0.25) is 0 Å². The lowest BCUT2D eigenvalue weighted by Gasteiger charge is -2.19. The number of carbonyl (C=O) groups excluding carboxylic acids is 1. The van der Waals surface area contributed by atoms with Gasteiger partial charge in [-0.05, 0) is 109 Å². The number of rotatable bonds is 41. The van der Waals surface area contributed by atoms with Crippen LogP contribution in [-0.4, -0.2) is 34.9 Å². The molecular formula is C56H89NO3. The molecule has 0 aromatic carbocycles. The quantitative estimate of drug-likeness (QED) is 0.0425. The molecule has 4 nitrogen and oxygen atoms in total. The molecule has 0 aliphatic heterocycles. The van der Waals surface area contributed by atoms with Gasteiger partial charge in [-0.15, -0.1) is 0 Å². The molecule has 0 heterocycles. The second kappa shape index (κ2) is 49.6. The summed E-state index contributed by atoms with van der Waals surface area (Å²) in [4.78, 5) is 12.3. The Morgan fingerprint density at radius 1 is 0.417 bits per heavy atom. The first kappa shape index (κ1) is 56.3. The van der Waals surface area contributed by atoms with E-state index < -0.39 is 12.1 Å². The van der Waals surface area contributed by atoms with Gasteiger partial charge in [0.15, 0.2) is 0 Å². The van der Waals surface area contributed by atoms with Gasteiger partial charge in [0, 0.05) is 6.42 Å². The molecule has 3 N–H and O–H groups in total. The topological polar surface area (TPSA) is 69.6 Å². The van der Waals surface area contributed by atoms with Crippen molar-refractivity contribution in [1.29, 1.82) is 0 Å². The van der Waals surface area contributed by atoms with E-state index in [1.165, 1.54) is 51.4 Å². The fraction of sp³-hybridized carbons (Fsp3) is 0.554. The molecule has 0 saturated carbocycles. The Kier molecular flexibility index (Phi) is 46.5. The molecule has 0 saturated heterocycles. The van der Waals surface area contributed by atoms with Gasteiger partial charge in [-0.1, -0.05) is 211 Å². The molecular weight excluding hydrogens is 735 g/mol. The summed E-state index contributed by atoms with van der Waals surface area (Å²) in [6.45, 7) is 4.10. The van der Waals surface area contributed by atoms with Gasteiger partial charge in [-0.2, -0.15) is 0 Å². The summed E-state index contributed by atoms with van der Waals surface area (Å²) in [7, 11) is 0. The van der Waals surface area contributed by atoms with Crippen molar-refractivity contribution in [2.45, 2.75) is 193 Å². The number of allylic oxidation sites excluding steroid dienone is 23. The van der Waals surface area contributed by atoms with Crippen molar-refractivity contribution in [2.24, 2.45) is 0 Å². The van der Waals surface area contributed by atoms with Gasteiger partial charge < -0.3 is 15.5 Å². The summed E-state index contributed by atoms with van der Waals surface area (Å²) in [5.74, 6) is -0.0933. The van der Waals surface area contributed by atoms with E-state index >= 15 is 0 Å². The Morgan fingerprint density at radius 2 is 0.750 bits per heavy atom. The van der Waals surface area contributed by atoms with Crippen LogP contribution in [0.3, 0.4) is 0 Å². The third-order valence-electron chi connectivity index (χ3n) is 9.81. The van der Waals surface area contributed by atoms with Crippen molar-refractivity contribution < 1.29 is 15.0 Å². The van der Waals surface area contributed by atoms with Crippen LogP contribution < -0.4 is 5.32 Å². The lowest BCUT2D eigenvalue weighted by atomic mass is 10.1. The average molecular weight is 824 g/mol. The number of hydrogen-bond donors (Lipinski definition) is 3. The minimum Gasteiger partial charge on any atom is -0.394 e. The molecule has 2 unspecified atom stereocenters. The van der Waals surface area contributed by atoms with Crippen LogP contribution in [0.15, 0.2) is 146 Å². The summed E-state index contributed by atoms with van der Waals surface area (Å²) in [5.41, 5.74) is 0. The minimum atomic E-state index is -0.873. The Morgan fingerprint density at radius 3 is 1.17 bits per heavy atom. The largest absolute Gasteiger partial charge is 0.394 e. The molecule has 0 aromatic rings. The normalized spacial score (nSPS) is 14.3. The van der Waals surface area contributed by atoms with E-state index in [4.69, 9.17) is 0 Å². The van der Waals surface area contributed by atoms with Gasteiger partial charge in [-0.3, -0.25) is 4.79 Å². The Labute approximate surface area is 370 Å². The van der Waals surface area contributed by atoms with Crippen LogP contribution in [0.4, 0.5) is 0 Å². The molecule has 60 heavy (non-hydrogen) atoms. The molecule has 0 radical (unpaired) electrons. The Bertz CT molecular complexity index is 1300. The van der Waals surface area contributed by atoms with Crippen LogP contribution in [0.25, 0.3) is 0 Å². The molecule has 0 bridgehead atoms. The highest BCUT2D eigenvalue weighted by Crippen LogP contribution is 2.12. The molecule has 0 aliphatic rings. The van der Waals surface area contributed by atoms with Gasteiger partial charge in [0.05, 0.1) is 18.8 Å². The number of aliphatic hydroxyl groups is 2. The zero-order valence-corrected chi connectivity index (χ0v) is 38.4.